The zero-order valence-corrected chi connectivity index (χ0v) is 18.6. The lowest BCUT2D eigenvalue weighted by Gasteiger charge is -2.36. The first-order chi connectivity index (χ1) is 12.7. The number of rotatable bonds is 5. The zero-order valence-electron chi connectivity index (χ0n) is 16.3. The molecule has 3 rings (SSSR count). The van der Waals surface area contributed by atoms with Gasteiger partial charge in [-0.05, 0) is 31.5 Å². The number of guanidine groups is 1. The van der Waals surface area contributed by atoms with E-state index in [4.69, 9.17) is 4.99 Å². The molecule has 0 aliphatic carbocycles. The Labute approximate surface area is 179 Å². The number of nitrogens with zero attached hydrogens (tertiary/aromatic N) is 4. The van der Waals surface area contributed by atoms with Crippen molar-refractivity contribution >= 4 is 29.9 Å². The maximum Gasteiger partial charge on any atom is 0.194 e. The Bertz CT molecular complexity index is 712. The lowest BCUT2D eigenvalue weighted by Crippen LogP contribution is -2.52. The van der Waals surface area contributed by atoms with Crippen molar-refractivity contribution in [1.29, 1.82) is 0 Å². The van der Waals surface area contributed by atoms with Crippen LogP contribution >= 0.6 is 24.0 Å². The highest BCUT2D eigenvalue weighted by molar-refractivity contribution is 14.0. The number of aromatic nitrogens is 1. The van der Waals surface area contributed by atoms with Gasteiger partial charge in [-0.15, -0.1) is 24.0 Å². The molecule has 27 heavy (non-hydrogen) atoms. The molecule has 0 saturated carbocycles. The van der Waals surface area contributed by atoms with Crippen molar-refractivity contribution < 1.29 is 0 Å². The van der Waals surface area contributed by atoms with Crippen LogP contribution in [0.5, 0.6) is 0 Å². The Hall–Kier alpha value is -1.67. The van der Waals surface area contributed by atoms with Crippen molar-refractivity contribution in [2.75, 3.05) is 32.7 Å². The van der Waals surface area contributed by atoms with Gasteiger partial charge in [-0.25, -0.2) is 4.99 Å². The molecule has 1 aromatic heterocycles. The van der Waals surface area contributed by atoms with Crippen LogP contribution in [0.1, 0.15) is 23.9 Å². The summed E-state index contributed by atoms with van der Waals surface area (Å²) < 4.78 is 0. The molecule has 0 bridgehead atoms. The summed E-state index contributed by atoms with van der Waals surface area (Å²) in [6.45, 7) is 10.8. The van der Waals surface area contributed by atoms with E-state index in [0.717, 1.165) is 56.6 Å². The average molecular weight is 479 g/mol. The molecule has 0 spiro atoms. The second-order valence-electron chi connectivity index (χ2n) is 6.69. The molecule has 1 aliphatic rings. The van der Waals surface area contributed by atoms with Gasteiger partial charge in [-0.2, -0.15) is 0 Å². The van der Waals surface area contributed by atoms with Gasteiger partial charge in [0.25, 0.3) is 0 Å². The number of benzene rings is 1. The van der Waals surface area contributed by atoms with Crippen molar-refractivity contribution in [3.05, 3.63) is 65.5 Å². The molecule has 1 fully saturated rings. The summed E-state index contributed by atoms with van der Waals surface area (Å²) in [5.41, 5.74) is 3.44. The fraction of sp³-hybridized carbons (Fsp3) is 0.429. The Morgan fingerprint density at radius 3 is 2.44 bits per heavy atom. The lowest BCUT2D eigenvalue weighted by atomic mass is 10.2. The number of hydrogen-bond acceptors (Lipinski definition) is 3. The van der Waals surface area contributed by atoms with Crippen LogP contribution in [0.15, 0.2) is 53.5 Å². The lowest BCUT2D eigenvalue weighted by molar-refractivity contribution is 0.172. The summed E-state index contributed by atoms with van der Waals surface area (Å²) in [5, 5.41) is 3.43. The normalized spacial score (nSPS) is 15.3. The van der Waals surface area contributed by atoms with Gasteiger partial charge in [0.2, 0.25) is 0 Å². The molecular weight excluding hydrogens is 449 g/mol. The molecule has 2 heterocycles. The molecule has 0 unspecified atom stereocenters. The molecule has 6 heteroatoms. The largest absolute Gasteiger partial charge is 0.357 e. The minimum Gasteiger partial charge on any atom is -0.357 e. The minimum absolute atomic E-state index is 0. The van der Waals surface area contributed by atoms with Gasteiger partial charge < -0.3 is 10.2 Å². The SMILES string of the molecule is CCNC(=NCc1cccc(C)n1)N1CCN(Cc2ccccc2)CC1.I. The van der Waals surface area contributed by atoms with E-state index >= 15 is 0 Å². The van der Waals surface area contributed by atoms with Gasteiger partial charge in [0, 0.05) is 45.0 Å². The van der Waals surface area contributed by atoms with Crippen LogP contribution < -0.4 is 5.32 Å². The van der Waals surface area contributed by atoms with Crippen LogP contribution in [0, 0.1) is 6.92 Å². The van der Waals surface area contributed by atoms with Crippen molar-refractivity contribution in [2.24, 2.45) is 4.99 Å². The Balaban J connectivity index is 0.00000261. The molecular formula is C21H30IN5. The summed E-state index contributed by atoms with van der Waals surface area (Å²) >= 11 is 0. The Kier molecular flexibility index (Phi) is 9.00. The summed E-state index contributed by atoms with van der Waals surface area (Å²) in [7, 11) is 0. The standard InChI is InChI=1S/C21H29N5.HI/c1-3-22-21(23-16-20-11-7-8-18(2)24-20)26-14-12-25(13-15-26)17-19-9-5-4-6-10-19;/h4-11H,3,12-17H2,1-2H3,(H,22,23);1H. The zero-order chi connectivity index (χ0) is 18.2. The molecule has 2 aromatic rings. The minimum atomic E-state index is 0. The molecule has 0 amide bonds. The number of aliphatic imine (C=N–C) groups is 1. The van der Waals surface area contributed by atoms with Crippen molar-refractivity contribution in [2.45, 2.75) is 26.9 Å². The Morgan fingerprint density at radius 1 is 1.04 bits per heavy atom. The summed E-state index contributed by atoms with van der Waals surface area (Å²) in [5.74, 6) is 0.996. The highest BCUT2D eigenvalue weighted by atomic mass is 127. The molecule has 5 nitrogen and oxygen atoms in total. The number of halogens is 1. The fourth-order valence-electron chi connectivity index (χ4n) is 3.23. The van der Waals surface area contributed by atoms with Gasteiger partial charge in [0.1, 0.15) is 0 Å². The molecule has 0 radical (unpaired) electrons. The monoisotopic (exact) mass is 479 g/mol. The van der Waals surface area contributed by atoms with Crippen LogP contribution in [0.2, 0.25) is 0 Å². The number of hydrogen-bond donors (Lipinski definition) is 1. The van der Waals surface area contributed by atoms with E-state index in [9.17, 15) is 0 Å². The molecule has 1 aliphatic heterocycles. The smallest absolute Gasteiger partial charge is 0.194 e. The van der Waals surface area contributed by atoms with Gasteiger partial charge in [-0.1, -0.05) is 36.4 Å². The van der Waals surface area contributed by atoms with E-state index < -0.39 is 0 Å². The maximum atomic E-state index is 4.81. The topological polar surface area (TPSA) is 43.8 Å². The van der Waals surface area contributed by atoms with E-state index in [2.05, 4.69) is 57.4 Å². The van der Waals surface area contributed by atoms with Crippen molar-refractivity contribution in [3.8, 4) is 0 Å². The molecule has 1 N–H and O–H groups in total. The van der Waals surface area contributed by atoms with Gasteiger partial charge in [0.05, 0.1) is 12.2 Å². The Morgan fingerprint density at radius 2 is 1.78 bits per heavy atom. The highest BCUT2D eigenvalue weighted by Crippen LogP contribution is 2.09. The summed E-state index contributed by atoms with van der Waals surface area (Å²) in [4.78, 5) is 14.2. The first-order valence-corrected chi connectivity index (χ1v) is 9.46. The van der Waals surface area contributed by atoms with Gasteiger partial charge in [0.15, 0.2) is 5.96 Å². The summed E-state index contributed by atoms with van der Waals surface area (Å²) in [6.07, 6.45) is 0. The van der Waals surface area contributed by atoms with Crippen LogP contribution in [-0.2, 0) is 13.1 Å². The van der Waals surface area contributed by atoms with E-state index in [1.165, 1.54) is 5.56 Å². The third-order valence-corrected chi connectivity index (χ3v) is 4.59. The number of aryl methyl sites for hydroxylation is 1. The number of piperazine rings is 1. The molecule has 0 atom stereocenters. The third kappa shape index (κ3) is 6.77. The predicted octanol–water partition coefficient (Wildman–Crippen LogP) is 3.29. The molecule has 1 saturated heterocycles. The van der Waals surface area contributed by atoms with E-state index in [1.54, 1.807) is 0 Å². The van der Waals surface area contributed by atoms with Gasteiger partial charge >= 0.3 is 0 Å². The second kappa shape index (κ2) is 11.2. The number of nitrogens with one attached hydrogen (secondary N) is 1. The highest BCUT2D eigenvalue weighted by Gasteiger charge is 2.19. The first-order valence-electron chi connectivity index (χ1n) is 9.46. The van der Waals surface area contributed by atoms with Crippen LogP contribution in [0.3, 0.4) is 0 Å². The van der Waals surface area contributed by atoms with E-state index in [-0.39, 0.29) is 24.0 Å². The van der Waals surface area contributed by atoms with Crippen molar-refractivity contribution in [3.63, 3.8) is 0 Å². The van der Waals surface area contributed by atoms with Crippen LogP contribution in [0.25, 0.3) is 0 Å². The van der Waals surface area contributed by atoms with E-state index in [0.29, 0.717) is 6.54 Å². The van der Waals surface area contributed by atoms with Crippen LogP contribution in [0.4, 0.5) is 0 Å². The quantitative estimate of drug-likeness (QED) is 0.406. The van der Waals surface area contributed by atoms with Crippen molar-refractivity contribution in [1.82, 2.24) is 20.1 Å². The van der Waals surface area contributed by atoms with Gasteiger partial charge in [-0.3, -0.25) is 9.88 Å². The van der Waals surface area contributed by atoms with E-state index in [1.807, 2.05) is 25.1 Å². The number of pyridine rings is 1. The molecule has 146 valence electrons. The third-order valence-electron chi connectivity index (χ3n) is 4.59. The van der Waals surface area contributed by atoms with Crippen LogP contribution in [-0.4, -0.2) is 53.5 Å². The average Bonchev–Trinajstić information content (AvgIpc) is 2.67. The molecule has 1 aromatic carbocycles. The predicted molar refractivity (Wildman–Crippen MR) is 122 cm³/mol. The second-order valence-corrected chi connectivity index (χ2v) is 6.69. The fourth-order valence-corrected chi connectivity index (χ4v) is 3.23. The first kappa shape index (κ1) is 21.6. The maximum absolute atomic E-state index is 4.81. The summed E-state index contributed by atoms with van der Waals surface area (Å²) in [6, 6.07) is 16.8.